The normalized spacial score (nSPS) is 9.81. The van der Waals surface area contributed by atoms with Gasteiger partial charge in [0.1, 0.15) is 12.4 Å². The van der Waals surface area contributed by atoms with E-state index in [2.05, 4.69) is 6.58 Å². The number of rotatable bonds is 7. The van der Waals surface area contributed by atoms with Crippen LogP contribution in [0.15, 0.2) is 36.9 Å². The number of benzene rings is 1. The standard InChI is InChI=1S/C13H16O3/c1-3-4-9-16-10-13(14)11-5-7-12(15-2)8-6-11/h3,5-8H,1,4,9-10H2,2H3. The van der Waals surface area contributed by atoms with Crippen LogP contribution in [0, 0.1) is 0 Å². The van der Waals surface area contributed by atoms with E-state index in [4.69, 9.17) is 9.47 Å². The molecule has 1 aromatic rings. The molecule has 0 N–H and O–H groups in total. The van der Waals surface area contributed by atoms with Crippen molar-refractivity contribution in [2.24, 2.45) is 0 Å². The summed E-state index contributed by atoms with van der Waals surface area (Å²) in [6, 6.07) is 6.99. The number of carbonyl (C=O) groups is 1. The van der Waals surface area contributed by atoms with Crippen LogP contribution in [0.1, 0.15) is 16.8 Å². The highest BCUT2D eigenvalue weighted by molar-refractivity contribution is 5.97. The summed E-state index contributed by atoms with van der Waals surface area (Å²) in [5.41, 5.74) is 0.638. The molecule has 0 aliphatic heterocycles. The summed E-state index contributed by atoms with van der Waals surface area (Å²) in [4.78, 5) is 11.6. The highest BCUT2D eigenvalue weighted by atomic mass is 16.5. The number of methoxy groups -OCH3 is 1. The van der Waals surface area contributed by atoms with Gasteiger partial charge in [-0.3, -0.25) is 4.79 Å². The van der Waals surface area contributed by atoms with Crippen LogP contribution in [0.2, 0.25) is 0 Å². The van der Waals surface area contributed by atoms with Crippen molar-refractivity contribution in [3.05, 3.63) is 42.5 Å². The van der Waals surface area contributed by atoms with Gasteiger partial charge in [0.2, 0.25) is 0 Å². The summed E-state index contributed by atoms with van der Waals surface area (Å²) >= 11 is 0. The first-order chi connectivity index (χ1) is 7.77. The molecule has 3 nitrogen and oxygen atoms in total. The van der Waals surface area contributed by atoms with Crippen LogP contribution in [0.3, 0.4) is 0 Å². The molecule has 0 fully saturated rings. The average Bonchev–Trinajstić information content (AvgIpc) is 2.34. The fourth-order valence-electron chi connectivity index (χ4n) is 1.19. The maximum atomic E-state index is 11.6. The van der Waals surface area contributed by atoms with E-state index >= 15 is 0 Å². The van der Waals surface area contributed by atoms with Crippen molar-refractivity contribution in [2.75, 3.05) is 20.3 Å². The Hall–Kier alpha value is -1.61. The monoisotopic (exact) mass is 220 g/mol. The van der Waals surface area contributed by atoms with Crippen molar-refractivity contribution < 1.29 is 14.3 Å². The molecule has 0 aliphatic rings. The van der Waals surface area contributed by atoms with E-state index in [0.29, 0.717) is 12.2 Å². The molecule has 1 aromatic carbocycles. The Morgan fingerprint density at radius 3 is 2.62 bits per heavy atom. The molecule has 0 aromatic heterocycles. The fourth-order valence-corrected chi connectivity index (χ4v) is 1.19. The molecular weight excluding hydrogens is 204 g/mol. The Balaban J connectivity index is 2.43. The largest absolute Gasteiger partial charge is 0.497 e. The molecule has 16 heavy (non-hydrogen) atoms. The number of hydrogen-bond donors (Lipinski definition) is 0. The summed E-state index contributed by atoms with van der Waals surface area (Å²) in [5, 5.41) is 0. The van der Waals surface area contributed by atoms with Crippen LogP contribution in [0.5, 0.6) is 5.75 Å². The minimum absolute atomic E-state index is 0.0216. The molecule has 0 unspecified atom stereocenters. The quantitative estimate of drug-likeness (QED) is 0.402. The van der Waals surface area contributed by atoms with E-state index in [1.165, 1.54) is 0 Å². The fraction of sp³-hybridized carbons (Fsp3) is 0.308. The lowest BCUT2D eigenvalue weighted by molar-refractivity contribution is 0.0768. The second kappa shape index (κ2) is 6.80. The van der Waals surface area contributed by atoms with Crippen molar-refractivity contribution in [1.82, 2.24) is 0 Å². The molecule has 0 saturated carbocycles. The topological polar surface area (TPSA) is 35.5 Å². The maximum absolute atomic E-state index is 11.6. The number of hydrogen-bond acceptors (Lipinski definition) is 3. The second-order valence-electron chi connectivity index (χ2n) is 3.28. The van der Waals surface area contributed by atoms with E-state index in [0.717, 1.165) is 12.2 Å². The molecule has 86 valence electrons. The molecule has 0 saturated heterocycles. The van der Waals surface area contributed by atoms with Gasteiger partial charge in [-0.05, 0) is 30.7 Å². The van der Waals surface area contributed by atoms with Gasteiger partial charge in [-0.2, -0.15) is 0 Å². The molecule has 0 heterocycles. The lowest BCUT2D eigenvalue weighted by atomic mass is 10.1. The zero-order chi connectivity index (χ0) is 11.8. The maximum Gasteiger partial charge on any atom is 0.188 e. The summed E-state index contributed by atoms with van der Waals surface area (Å²) < 4.78 is 10.2. The summed E-state index contributed by atoms with van der Waals surface area (Å²) in [6.45, 7) is 4.22. The predicted octanol–water partition coefficient (Wildman–Crippen LogP) is 2.47. The Labute approximate surface area is 95.7 Å². The van der Waals surface area contributed by atoms with Gasteiger partial charge in [0, 0.05) is 5.56 Å². The Kier molecular flexibility index (Phi) is 5.29. The first-order valence-corrected chi connectivity index (χ1v) is 5.14. The number of ketones is 1. The number of ether oxygens (including phenoxy) is 2. The lowest BCUT2D eigenvalue weighted by Crippen LogP contribution is -2.09. The first-order valence-electron chi connectivity index (χ1n) is 5.14. The molecule has 3 heteroatoms. The van der Waals surface area contributed by atoms with Gasteiger partial charge in [-0.1, -0.05) is 6.08 Å². The smallest absolute Gasteiger partial charge is 0.188 e. The van der Waals surface area contributed by atoms with Gasteiger partial charge in [0.25, 0.3) is 0 Å². The minimum atomic E-state index is -0.0216. The SMILES string of the molecule is C=CCCOCC(=O)c1ccc(OC)cc1. The Morgan fingerprint density at radius 1 is 1.38 bits per heavy atom. The molecule has 0 bridgehead atoms. The molecule has 0 aliphatic carbocycles. The third kappa shape index (κ3) is 3.87. The third-order valence-electron chi connectivity index (χ3n) is 2.11. The van der Waals surface area contributed by atoms with E-state index in [1.54, 1.807) is 37.5 Å². The van der Waals surface area contributed by atoms with Gasteiger partial charge in [-0.25, -0.2) is 0 Å². The van der Waals surface area contributed by atoms with Crippen molar-refractivity contribution in [1.29, 1.82) is 0 Å². The van der Waals surface area contributed by atoms with Crippen molar-refractivity contribution in [3.8, 4) is 5.75 Å². The Bertz CT molecular complexity index is 341. The molecule has 0 radical (unpaired) electrons. The summed E-state index contributed by atoms with van der Waals surface area (Å²) in [6.07, 6.45) is 2.52. The molecular formula is C13H16O3. The van der Waals surface area contributed by atoms with Gasteiger partial charge in [0.15, 0.2) is 5.78 Å². The van der Waals surface area contributed by atoms with Crippen LogP contribution in [-0.4, -0.2) is 26.1 Å². The first kappa shape index (κ1) is 12.5. The second-order valence-corrected chi connectivity index (χ2v) is 3.28. The van der Waals surface area contributed by atoms with Crippen LogP contribution < -0.4 is 4.74 Å². The predicted molar refractivity (Wildman–Crippen MR) is 63.0 cm³/mol. The highest BCUT2D eigenvalue weighted by Gasteiger charge is 2.05. The van der Waals surface area contributed by atoms with Gasteiger partial charge in [-0.15, -0.1) is 6.58 Å². The minimum Gasteiger partial charge on any atom is -0.497 e. The van der Waals surface area contributed by atoms with Crippen molar-refractivity contribution in [3.63, 3.8) is 0 Å². The van der Waals surface area contributed by atoms with Gasteiger partial charge >= 0.3 is 0 Å². The molecule has 0 amide bonds. The molecule has 0 spiro atoms. The number of carbonyl (C=O) groups excluding carboxylic acids is 1. The third-order valence-corrected chi connectivity index (χ3v) is 2.11. The Morgan fingerprint density at radius 2 is 2.06 bits per heavy atom. The van der Waals surface area contributed by atoms with Crippen LogP contribution in [0.25, 0.3) is 0 Å². The molecule has 1 rings (SSSR count). The zero-order valence-corrected chi connectivity index (χ0v) is 9.44. The van der Waals surface area contributed by atoms with Crippen molar-refractivity contribution in [2.45, 2.75) is 6.42 Å². The highest BCUT2D eigenvalue weighted by Crippen LogP contribution is 2.11. The average molecular weight is 220 g/mol. The molecule has 0 atom stereocenters. The van der Waals surface area contributed by atoms with Crippen LogP contribution in [-0.2, 0) is 4.74 Å². The number of Topliss-reactive ketones (excluding diaryl/α,β-unsaturated/α-hetero) is 1. The van der Waals surface area contributed by atoms with E-state index < -0.39 is 0 Å². The van der Waals surface area contributed by atoms with Gasteiger partial charge < -0.3 is 9.47 Å². The van der Waals surface area contributed by atoms with E-state index in [-0.39, 0.29) is 12.4 Å². The summed E-state index contributed by atoms with van der Waals surface area (Å²) in [5.74, 6) is 0.718. The van der Waals surface area contributed by atoms with Gasteiger partial charge in [0.05, 0.1) is 13.7 Å². The van der Waals surface area contributed by atoms with Crippen molar-refractivity contribution >= 4 is 5.78 Å². The van der Waals surface area contributed by atoms with Crippen LogP contribution >= 0.6 is 0 Å². The van der Waals surface area contributed by atoms with E-state index in [9.17, 15) is 4.79 Å². The lowest BCUT2D eigenvalue weighted by Gasteiger charge is -2.03. The van der Waals surface area contributed by atoms with Crippen LogP contribution in [0.4, 0.5) is 0 Å². The zero-order valence-electron chi connectivity index (χ0n) is 9.44. The summed E-state index contributed by atoms with van der Waals surface area (Å²) in [7, 11) is 1.59. The van der Waals surface area contributed by atoms with E-state index in [1.807, 2.05) is 0 Å².